The van der Waals surface area contributed by atoms with Crippen LogP contribution < -0.4 is 0 Å². The largest absolute Gasteiger partial charge is 0.444 e. The number of carbonyl (C=O) groups is 2. The van der Waals surface area contributed by atoms with E-state index in [2.05, 4.69) is 31.1 Å². The van der Waals surface area contributed by atoms with Crippen molar-refractivity contribution in [2.75, 3.05) is 13.1 Å². The van der Waals surface area contributed by atoms with Crippen LogP contribution in [0.15, 0.2) is 16.0 Å². The number of hydrogen-bond donors (Lipinski definition) is 1. The van der Waals surface area contributed by atoms with Crippen molar-refractivity contribution in [2.45, 2.75) is 58.7 Å². The third-order valence-electron chi connectivity index (χ3n) is 4.53. The van der Waals surface area contributed by atoms with Gasteiger partial charge in [-0.05, 0) is 57.0 Å². The smallest absolute Gasteiger partial charge is 0.410 e. The molecule has 8 nitrogen and oxygen atoms in total. The van der Waals surface area contributed by atoms with Crippen molar-refractivity contribution in [3.05, 3.63) is 21.7 Å². The first-order valence-corrected chi connectivity index (χ1v) is 11.2. The van der Waals surface area contributed by atoms with Gasteiger partial charge in [0.2, 0.25) is 0 Å². The Balaban J connectivity index is 1.74. The lowest BCUT2D eigenvalue weighted by Crippen LogP contribution is -2.47. The van der Waals surface area contributed by atoms with Gasteiger partial charge in [-0.15, -0.1) is 11.3 Å². The number of aromatic nitrogens is 3. The maximum Gasteiger partial charge on any atom is 0.410 e. The summed E-state index contributed by atoms with van der Waals surface area (Å²) in [4.78, 5) is 33.6. The number of amides is 2. The molecular formula is C19H26BrN5O3S. The molecule has 1 aliphatic rings. The van der Waals surface area contributed by atoms with E-state index < -0.39 is 5.60 Å². The lowest BCUT2D eigenvalue weighted by molar-refractivity contribution is 0.0268. The second-order valence-electron chi connectivity index (χ2n) is 8.31. The van der Waals surface area contributed by atoms with Gasteiger partial charge in [0, 0.05) is 24.5 Å². The molecule has 1 N–H and O–H groups in total. The molecule has 2 aromatic rings. The van der Waals surface area contributed by atoms with Crippen molar-refractivity contribution < 1.29 is 14.3 Å². The number of rotatable bonds is 4. The molecule has 158 valence electrons. The highest BCUT2D eigenvalue weighted by Gasteiger charge is 2.37. The molecule has 29 heavy (non-hydrogen) atoms. The Hall–Kier alpha value is -1.94. The van der Waals surface area contributed by atoms with Crippen molar-refractivity contribution in [2.24, 2.45) is 0 Å². The minimum Gasteiger partial charge on any atom is -0.444 e. The Kier molecular flexibility index (Phi) is 6.33. The summed E-state index contributed by atoms with van der Waals surface area (Å²) < 4.78 is 6.27. The van der Waals surface area contributed by atoms with Crippen molar-refractivity contribution in [1.29, 1.82) is 0 Å². The summed E-state index contributed by atoms with van der Waals surface area (Å²) in [6, 6.07) is -0.0887. The summed E-state index contributed by atoms with van der Waals surface area (Å²) in [5.41, 5.74) is 0.610. The van der Waals surface area contributed by atoms with Gasteiger partial charge in [-0.2, -0.15) is 5.10 Å². The molecule has 2 aromatic heterocycles. The number of ether oxygens (including phenoxy) is 1. The summed E-state index contributed by atoms with van der Waals surface area (Å²) in [7, 11) is 0. The Morgan fingerprint density at radius 2 is 2.14 bits per heavy atom. The minimum absolute atomic E-state index is 0.0184. The number of halogens is 1. The fourth-order valence-electron chi connectivity index (χ4n) is 3.32. The predicted octanol–water partition coefficient (Wildman–Crippen LogP) is 4.16. The maximum atomic E-state index is 13.2. The van der Waals surface area contributed by atoms with Crippen molar-refractivity contribution in [3.8, 4) is 10.7 Å². The molecule has 3 rings (SSSR count). The fraction of sp³-hybridized carbons (Fsp3) is 0.579. The van der Waals surface area contributed by atoms with Crippen LogP contribution in [0.5, 0.6) is 0 Å². The Bertz CT molecular complexity index is 889. The highest BCUT2D eigenvalue weighted by molar-refractivity contribution is 9.10. The van der Waals surface area contributed by atoms with Gasteiger partial charge in [-0.3, -0.25) is 9.89 Å². The fourth-order valence-corrected chi connectivity index (χ4v) is 4.63. The van der Waals surface area contributed by atoms with Gasteiger partial charge in [0.15, 0.2) is 0 Å². The molecule has 10 heteroatoms. The molecule has 1 saturated heterocycles. The molecule has 0 aromatic carbocycles. The monoisotopic (exact) mass is 483 g/mol. The lowest BCUT2D eigenvalue weighted by Gasteiger charge is -2.32. The number of carbonyl (C=O) groups excluding carboxylic acids is 2. The van der Waals surface area contributed by atoms with Gasteiger partial charge in [0.1, 0.15) is 22.0 Å². The van der Waals surface area contributed by atoms with Gasteiger partial charge >= 0.3 is 6.09 Å². The molecule has 0 spiro atoms. The number of nitrogens with zero attached hydrogens (tertiary/aromatic N) is 4. The Morgan fingerprint density at radius 1 is 1.41 bits per heavy atom. The molecule has 1 aliphatic heterocycles. The van der Waals surface area contributed by atoms with E-state index in [9.17, 15) is 9.59 Å². The zero-order valence-corrected chi connectivity index (χ0v) is 19.6. The molecule has 1 atom stereocenters. The topological polar surface area (TPSA) is 91.4 Å². The van der Waals surface area contributed by atoms with E-state index in [0.717, 1.165) is 10.2 Å². The molecule has 0 unspecified atom stereocenters. The van der Waals surface area contributed by atoms with Crippen LogP contribution in [0.4, 0.5) is 4.79 Å². The highest BCUT2D eigenvalue weighted by atomic mass is 79.9. The van der Waals surface area contributed by atoms with E-state index in [4.69, 9.17) is 4.74 Å². The maximum absolute atomic E-state index is 13.2. The normalized spacial score (nSPS) is 17.1. The van der Waals surface area contributed by atoms with Crippen LogP contribution in [-0.4, -0.2) is 67.8 Å². The zero-order valence-electron chi connectivity index (χ0n) is 17.2. The molecule has 0 radical (unpaired) electrons. The number of nitrogens with one attached hydrogen (secondary N) is 1. The second kappa shape index (κ2) is 8.43. The minimum atomic E-state index is -0.541. The number of hydrogen-bond acceptors (Lipinski definition) is 6. The van der Waals surface area contributed by atoms with Crippen LogP contribution in [0.25, 0.3) is 10.7 Å². The van der Waals surface area contributed by atoms with Crippen molar-refractivity contribution >= 4 is 39.3 Å². The van der Waals surface area contributed by atoms with Gasteiger partial charge in [0.05, 0.1) is 16.7 Å². The first-order chi connectivity index (χ1) is 13.6. The summed E-state index contributed by atoms with van der Waals surface area (Å²) in [5.74, 6) is -0.130. The molecule has 0 saturated carbocycles. The average Bonchev–Trinajstić information content (AvgIpc) is 3.32. The van der Waals surface area contributed by atoms with E-state index in [1.54, 1.807) is 16.5 Å². The SMILES string of the molecule is CC(C)N(C(=O)c1csc(-c2[nH]ncc2Br)n1)[C@H]1CCN(C(=O)OC(C)(C)C)C1. The summed E-state index contributed by atoms with van der Waals surface area (Å²) in [6.45, 7) is 10.5. The molecule has 1 fully saturated rings. The molecule has 2 amide bonds. The van der Waals surface area contributed by atoms with Crippen LogP contribution in [-0.2, 0) is 4.74 Å². The third-order valence-corrected chi connectivity index (χ3v) is 5.99. The number of likely N-dealkylation sites (tertiary alicyclic amines) is 1. The molecule has 0 aliphatic carbocycles. The summed E-state index contributed by atoms with van der Waals surface area (Å²) in [5, 5.41) is 9.33. The first kappa shape index (κ1) is 21.8. The van der Waals surface area contributed by atoms with Crippen molar-refractivity contribution in [3.63, 3.8) is 0 Å². The Morgan fingerprint density at radius 3 is 2.72 bits per heavy atom. The van der Waals surface area contributed by atoms with E-state index in [1.807, 2.05) is 39.5 Å². The van der Waals surface area contributed by atoms with Crippen LogP contribution in [0.1, 0.15) is 51.5 Å². The second-order valence-corrected chi connectivity index (χ2v) is 10.0. The van der Waals surface area contributed by atoms with Crippen LogP contribution in [0.2, 0.25) is 0 Å². The molecule has 0 bridgehead atoms. The molecular weight excluding hydrogens is 458 g/mol. The zero-order chi connectivity index (χ0) is 21.3. The van der Waals surface area contributed by atoms with Gasteiger partial charge in [0.25, 0.3) is 5.91 Å². The highest BCUT2D eigenvalue weighted by Crippen LogP contribution is 2.29. The van der Waals surface area contributed by atoms with E-state index in [1.165, 1.54) is 11.3 Å². The standard InChI is InChI=1S/C19H26BrN5O3S/c1-11(2)25(12-6-7-24(9-12)18(27)28-19(3,4)5)17(26)14-10-29-16(22-14)15-13(20)8-21-23-15/h8,10-12H,6-7,9H2,1-5H3,(H,21,23)/t12-/m0/s1. The van der Waals surface area contributed by atoms with Crippen molar-refractivity contribution in [1.82, 2.24) is 25.0 Å². The number of aromatic amines is 1. The average molecular weight is 484 g/mol. The molecule has 3 heterocycles. The summed E-state index contributed by atoms with van der Waals surface area (Å²) >= 11 is 4.81. The number of thiazole rings is 1. The quantitative estimate of drug-likeness (QED) is 0.704. The first-order valence-electron chi connectivity index (χ1n) is 9.52. The lowest BCUT2D eigenvalue weighted by atomic mass is 10.1. The summed E-state index contributed by atoms with van der Waals surface area (Å²) in [6.07, 6.45) is 2.03. The van der Waals surface area contributed by atoms with Gasteiger partial charge in [-0.25, -0.2) is 9.78 Å². The van der Waals surface area contributed by atoms with E-state index in [-0.39, 0.29) is 24.1 Å². The van der Waals surface area contributed by atoms with E-state index >= 15 is 0 Å². The van der Waals surface area contributed by atoms with Crippen LogP contribution in [0, 0.1) is 0 Å². The van der Waals surface area contributed by atoms with Gasteiger partial charge < -0.3 is 14.5 Å². The third kappa shape index (κ3) is 4.98. The van der Waals surface area contributed by atoms with E-state index in [0.29, 0.717) is 30.2 Å². The number of H-pyrrole nitrogens is 1. The van der Waals surface area contributed by atoms with Gasteiger partial charge in [-0.1, -0.05) is 0 Å². The van der Waals surface area contributed by atoms with Crippen LogP contribution in [0.3, 0.4) is 0 Å². The predicted molar refractivity (Wildman–Crippen MR) is 115 cm³/mol. The van der Waals surface area contributed by atoms with Crippen LogP contribution >= 0.6 is 27.3 Å². The Labute approximate surface area is 182 Å².